The quantitative estimate of drug-likeness (QED) is 0.816. The number of hydrogen-bond donors (Lipinski definition) is 2. The number of aliphatic hydroxyl groups is 1. The highest BCUT2D eigenvalue weighted by Gasteiger charge is 2.19. The third kappa shape index (κ3) is 4.79. The second kappa shape index (κ2) is 8.44. The fourth-order valence-electron chi connectivity index (χ4n) is 2.50. The van der Waals surface area contributed by atoms with Gasteiger partial charge in [0, 0.05) is 12.1 Å². The molecule has 0 amide bonds. The van der Waals surface area contributed by atoms with Crippen LogP contribution in [0.5, 0.6) is 5.75 Å². The minimum atomic E-state index is -0.730. The Morgan fingerprint density at radius 2 is 1.67 bits per heavy atom. The fourth-order valence-corrected chi connectivity index (χ4v) is 2.50. The Kier molecular flexibility index (Phi) is 6.30. The van der Waals surface area contributed by atoms with E-state index in [2.05, 4.69) is 5.32 Å². The van der Waals surface area contributed by atoms with Gasteiger partial charge in [-0.3, -0.25) is 0 Å². The molecule has 0 heterocycles. The minimum absolute atomic E-state index is 0.0140. The lowest BCUT2D eigenvalue weighted by molar-refractivity contribution is 0.130. The first kappa shape index (κ1) is 17.9. The van der Waals surface area contributed by atoms with Crippen LogP contribution >= 0.6 is 0 Å². The van der Waals surface area contributed by atoms with Gasteiger partial charge in [0.15, 0.2) is 6.61 Å². The van der Waals surface area contributed by atoms with Crippen LogP contribution in [0.4, 0.5) is 4.39 Å². The fraction of sp³-hybridized carbons (Fsp3) is 0.316. The van der Waals surface area contributed by atoms with Crippen molar-refractivity contribution in [2.24, 2.45) is 0 Å². The van der Waals surface area contributed by atoms with Gasteiger partial charge >= 0.3 is 0 Å². The molecular weight excluding hydrogens is 307 g/mol. The van der Waals surface area contributed by atoms with E-state index in [1.54, 1.807) is 12.1 Å². The second-order valence-corrected chi connectivity index (χ2v) is 5.69. The maximum absolute atomic E-state index is 13.0. The van der Waals surface area contributed by atoms with Crippen LogP contribution in [0.2, 0.25) is 0 Å². The monoisotopic (exact) mass is 328 g/mol. The van der Waals surface area contributed by atoms with Gasteiger partial charge in [-0.25, -0.2) is 4.39 Å². The van der Waals surface area contributed by atoms with Crippen molar-refractivity contribution in [1.29, 1.82) is 5.26 Å². The number of nitriles is 1. The minimum Gasteiger partial charge on any atom is -0.479 e. The Morgan fingerprint density at radius 1 is 1.08 bits per heavy atom. The van der Waals surface area contributed by atoms with Crippen LogP contribution in [-0.2, 0) is 0 Å². The smallest absolute Gasteiger partial charge is 0.174 e. The molecule has 0 bridgehead atoms. The number of rotatable bonds is 7. The third-order valence-corrected chi connectivity index (χ3v) is 3.88. The molecular formula is C19H21FN2O2. The molecule has 0 aliphatic rings. The molecule has 2 aromatic rings. The molecule has 3 unspecified atom stereocenters. The summed E-state index contributed by atoms with van der Waals surface area (Å²) >= 11 is 0. The van der Waals surface area contributed by atoms with Crippen molar-refractivity contribution < 1.29 is 14.2 Å². The Labute approximate surface area is 141 Å². The van der Waals surface area contributed by atoms with Crippen molar-refractivity contribution in [1.82, 2.24) is 5.32 Å². The Bertz CT molecular complexity index is 680. The Morgan fingerprint density at radius 3 is 2.25 bits per heavy atom. The van der Waals surface area contributed by atoms with E-state index in [1.807, 2.05) is 44.2 Å². The standard InChI is InChI=1S/C19H21FN2O2/c1-13(15-5-9-18(10-6-15)24-12-11-21)22-14(2)19(23)16-3-7-17(20)8-4-16/h3-10,13-14,19,22-23H,12H2,1-2H3. The summed E-state index contributed by atoms with van der Waals surface area (Å²) in [6, 6.07) is 15.0. The van der Waals surface area contributed by atoms with E-state index in [9.17, 15) is 9.50 Å². The molecule has 0 spiro atoms. The zero-order valence-electron chi connectivity index (χ0n) is 13.7. The highest BCUT2D eigenvalue weighted by atomic mass is 19.1. The molecule has 5 heteroatoms. The molecule has 126 valence electrons. The maximum atomic E-state index is 13.0. The molecule has 0 radical (unpaired) electrons. The van der Waals surface area contributed by atoms with Crippen LogP contribution in [0.15, 0.2) is 48.5 Å². The molecule has 0 saturated carbocycles. The molecule has 2 aromatic carbocycles. The summed E-state index contributed by atoms with van der Waals surface area (Å²) in [5.74, 6) is 0.325. The van der Waals surface area contributed by atoms with E-state index in [0.717, 1.165) is 5.56 Å². The molecule has 4 nitrogen and oxygen atoms in total. The van der Waals surface area contributed by atoms with Gasteiger partial charge in [-0.15, -0.1) is 0 Å². The van der Waals surface area contributed by atoms with Crippen molar-refractivity contribution >= 4 is 0 Å². The van der Waals surface area contributed by atoms with Gasteiger partial charge in [-0.2, -0.15) is 5.26 Å². The molecule has 2 rings (SSSR count). The average molecular weight is 328 g/mol. The molecule has 2 N–H and O–H groups in total. The number of nitrogens with zero attached hydrogens (tertiary/aromatic N) is 1. The lowest BCUT2D eigenvalue weighted by atomic mass is 10.0. The summed E-state index contributed by atoms with van der Waals surface area (Å²) in [7, 11) is 0. The molecule has 3 atom stereocenters. The summed E-state index contributed by atoms with van der Waals surface area (Å²) in [5, 5.41) is 22.2. The summed E-state index contributed by atoms with van der Waals surface area (Å²) in [6.45, 7) is 3.90. The first-order valence-corrected chi connectivity index (χ1v) is 7.80. The van der Waals surface area contributed by atoms with Crippen LogP contribution in [-0.4, -0.2) is 17.8 Å². The van der Waals surface area contributed by atoms with Gasteiger partial charge in [-0.05, 0) is 49.2 Å². The number of benzene rings is 2. The molecule has 0 aliphatic heterocycles. The van der Waals surface area contributed by atoms with Gasteiger partial charge in [-0.1, -0.05) is 24.3 Å². The predicted octanol–water partition coefficient (Wildman–Crippen LogP) is 3.50. The van der Waals surface area contributed by atoms with E-state index in [1.165, 1.54) is 12.1 Å². The van der Waals surface area contributed by atoms with Crippen LogP contribution in [0.1, 0.15) is 37.1 Å². The second-order valence-electron chi connectivity index (χ2n) is 5.69. The summed E-state index contributed by atoms with van der Waals surface area (Å²) in [5.41, 5.74) is 1.71. The van der Waals surface area contributed by atoms with E-state index < -0.39 is 6.10 Å². The van der Waals surface area contributed by atoms with E-state index in [0.29, 0.717) is 11.3 Å². The van der Waals surface area contributed by atoms with Crippen molar-refractivity contribution in [3.63, 3.8) is 0 Å². The van der Waals surface area contributed by atoms with Crippen LogP contribution in [0, 0.1) is 17.1 Å². The van der Waals surface area contributed by atoms with Gasteiger partial charge in [0.1, 0.15) is 17.6 Å². The van der Waals surface area contributed by atoms with E-state index in [-0.39, 0.29) is 24.5 Å². The largest absolute Gasteiger partial charge is 0.479 e. The van der Waals surface area contributed by atoms with Crippen LogP contribution in [0.3, 0.4) is 0 Å². The highest BCUT2D eigenvalue weighted by molar-refractivity contribution is 5.29. The average Bonchev–Trinajstić information content (AvgIpc) is 2.60. The summed E-state index contributed by atoms with van der Waals surface area (Å²) in [6.07, 6.45) is -0.730. The zero-order valence-corrected chi connectivity index (χ0v) is 13.7. The normalized spacial score (nSPS) is 14.5. The first-order valence-electron chi connectivity index (χ1n) is 7.80. The van der Waals surface area contributed by atoms with Gasteiger partial charge in [0.2, 0.25) is 0 Å². The van der Waals surface area contributed by atoms with Gasteiger partial charge in [0.05, 0.1) is 6.10 Å². The highest BCUT2D eigenvalue weighted by Crippen LogP contribution is 2.22. The molecule has 0 saturated heterocycles. The number of halogens is 1. The number of ether oxygens (including phenoxy) is 1. The lowest BCUT2D eigenvalue weighted by Gasteiger charge is -2.25. The molecule has 0 aromatic heterocycles. The van der Waals surface area contributed by atoms with Crippen LogP contribution < -0.4 is 10.1 Å². The molecule has 24 heavy (non-hydrogen) atoms. The van der Waals surface area contributed by atoms with Crippen molar-refractivity contribution in [2.45, 2.75) is 32.0 Å². The van der Waals surface area contributed by atoms with E-state index in [4.69, 9.17) is 10.00 Å². The molecule has 0 aliphatic carbocycles. The zero-order chi connectivity index (χ0) is 17.5. The van der Waals surface area contributed by atoms with Crippen molar-refractivity contribution in [3.8, 4) is 11.8 Å². The lowest BCUT2D eigenvalue weighted by Crippen LogP contribution is -2.34. The van der Waals surface area contributed by atoms with Gasteiger partial charge in [0.25, 0.3) is 0 Å². The Balaban J connectivity index is 1.96. The van der Waals surface area contributed by atoms with Crippen LogP contribution in [0.25, 0.3) is 0 Å². The molecule has 0 fully saturated rings. The van der Waals surface area contributed by atoms with Gasteiger partial charge < -0.3 is 15.2 Å². The SMILES string of the molecule is CC(NC(C)C(O)c1ccc(F)cc1)c1ccc(OCC#N)cc1. The summed E-state index contributed by atoms with van der Waals surface area (Å²) < 4.78 is 18.2. The number of nitrogens with one attached hydrogen (secondary N) is 1. The third-order valence-electron chi connectivity index (χ3n) is 3.88. The number of hydrogen-bond acceptors (Lipinski definition) is 4. The topological polar surface area (TPSA) is 65.3 Å². The Hall–Kier alpha value is -2.42. The predicted molar refractivity (Wildman–Crippen MR) is 89.9 cm³/mol. The van der Waals surface area contributed by atoms with Crippen molar-refractivity contribution in [3.05, 3.63) is 65.5 Å². The number of aliphatic hydroxyl groups excluding tert-OH is 1. The first-order chi connectivity index (χ1) is 11.5. The van der Waals surface area contributed by atoms with Crippen molar-refractivity contribution in [2.75, 3.05) is 6.61 Å². The maximum Gasteiger partial charge on any atom is 0.174 e. The summed E-state index contributed by atoms with van der Waals surface area (Å²) in [4.78, 5) is 0. The van der Waals surface area contributed by atoms with E-state index >= 15 is 0 Å².